The molecule has 188 valence electrons. The van der Waals surface area contributed by atoms with Gasteiger partial charge in [-0.3, -0.25) is 14.6 Å². The lowest BCUT2D eigenvalue weighted by Gasteiger charge is -2.25. The number of hydrogen-bond donors (Lipinski definition) is 1. The zero-order valence-corrected chi connectivity index (χ0v) is 21.0. The number of para-hydroxylation sites is 1. The summed E-state index contributed by atoms with van der Waals surface area (Å²) in [6.07, 6.45) is 0.457. The maximum absolute atomic E-state index is 13.6. The molecule has 0 radical (unpaired) electrons. The molecule has 0 saturated carbocycles. The van der Waals surface area contributed by atoms with Crippen LogP contribution in [0.15, 0.2) is 82.8 Å². The lowest BCUT2D eigenvalue weighted by Crippen LogP contribution is -2.41. The molecule has 0 fully saturated rings. The summed E-state index contributed by atoms with van der Waals surface area (Å²) in [6, 6.07) is 20.7. The number of amidine groups is 2. The second kappa shape index (κ2) is 11.0. The normalized spacial score (nSPS) is 16.0. The fourth-order valence-electron chi connectivity index (χ4n) is 4.16. The number of nitrogens with one attached hydrogen (secondary N) is 1. The number of thioether (sulfide) groups is 1. The van der Waals surface area contributed by atoms with E-state index in [-0.39, 0.29) is 30.5 Å². The number of methoxy groups -OCH3 is 1. The fraction of sp³-hybridized carbons (Fsp3) is 0.214. The van der Waals surface area contributed by atoms with Gasteiger partial charge in [-0.2, -0.15) is 0 Å². The number of hydrogen-bond acceptors (Lipinski definition) is 6. The number of benzene rings is 3. The van der Waals surface area contributed by atoms with Crippen LogP contribution in [0.25, 0.3) is 0 Å². The molecule has 1 N–H and O–H groups in total. The molecule has 5 rings (SSSR count). The minimum Gasteiger partial charge on any atom is -0.497 e. The Hall–Kier alpha value is -3.98. The van der Waals surface area contributed by atoms with Crippen LogP contribution < -0.4 is 10.1 Å². The van der Waals surface area contributed by atoms with E-state index in [4.69, 9.17) is 14.7 Å². The predicted octanol–water partition coefficient (Wildman–Crippen LogP) is 4.82. The second-order valence-electron chi connectivity index (χ2n) is 8.64. The smallest absolute Gasteiger partial charge is 0.259 e. The molecule has 0 bridgehead atoms. The first-order valence-corrected chi connectivity index (χ1v) is 12.9. The van der Waals surface area contributed by atoms with Crippen molar-refractivity contribution in [1.29, 1.82) is 0 Å². The molecule has 2 aliphatic heterocycles. The van der Waals surface area contributed by atoms with Gasteiger partial charge in [-0.05, 0) is 53.9 Å². The molecule has 9 heteroatoms. The third-order valence-corrected chi connectivity index (χ3v) is 7.11. The molecule has 0 aliphatic carbocycles. The monoisotopic (exact) mass is 516 g/mol. The first-order chi connectivity index (χ1) is 18.0. The Morgan fingerprint density at radius 1 is 1.08 bits per heavy atom. The van der Waals surface area contributed by atoms with Crippen molar-refractivity contribution >= 4 is 40.3 Å². The Morgan fingerprint density at radius 3 is 2.68 bits per heavy atom. The maximum atomic E-state index is 13.6. The van der Waals surface area contributed by atoms with Gasteiger partial charge in [0, 0.05) is 24.3 Å². The summed E-state index contributed by atoms with van der Waals surface area (Å²) in [5, 5.41) is 3.39. The number of rotatable bonds is 8. The van der Waals surface area contributed by atoms with Gasteiger partial charge in [-0.25, -0.2) is 14.3 Å². The highest BCUT2D eigenvalue weighted by molar-refractivity contribution is 8.13. The van der Waals surface area contributed by atoms with Crippen molar-refractivity contribution in [3.63, 3.8) is 0 Å². The number of aliphatic imine (C=N–C) groups is 2. The van der Waals surface area contributed by atoms with Gasteiger partial charge in [-0.15, -0.1) is 0 Å². The van der Waals surface area contributed by atoms with Crippen molar-refractivity contribution < 1.29 is 18.7 Å². The van der Waals surface area contributed by atoms with Gasteiger partial charge < -0.3 is 10.1 Å². The van der Waals surface area contributed by atoms with E-state index in [2.05, 4.69) is 5.32 Å². The van der Waals surface area contributed by atoms with Crippen LogP contribution in [0.3, 0.4) is 0 Å². The van der Waals surface area contributed by atoms with Gasteiger partial charge in [0.05, 0.1) is 12.8 Å². The van der Waals surface area contributed by atoms with Crippen molar-refractivity contribution in [3.05, 3.63) is 95.3 Å². The van der Waals surface area contributed by atoms with E-state index >= 15 is 0 Å². The minimum absolute atomic E-state index is 0.150. The van der Waals surface area contributed by atoms with Gasteiger partial charge in [0.2, 0.25) is 5.91 Å². The van der Waals surface area contributed by atoms with E-state index in [9.17, 15) is 14.0 Å². The lowest BCUT2D eigenvalue weighted by molar-refractivity contribution is -0.125. The van der Waals surface area contributed by atoms with E-state index < -0.39 is 6.04 Å². The minimum atomic E-state index is -0.673. The number of ether oxygens (including phenoxy) is 1. The van der Waals surface area contributed by atoms with Crippen LogP contribution in [0.5, 0.6) is 5.75 Å². The molecular formula is C28H25FN4O3S. The van der Waals surface area contributed by atoms with Crippen LogP contribution in [0.4, 0.5) is 10.1 Å². The van der Waals surface area contributed by atoms with Crippen LogP contribution in [0, 0.1) is 5.82 Å². The molecule has 0 aromatic heterocycles. The largest absolute Gasteiger partial charge is 0.497 e. The predicted molar refractivity (Wildman–Crippen MR) is 142 cm³/mol. The van der Waals surface area contributed by atoms with E-state index in [0.717, 1.165) is 28.1 Å². The van der Waals surface area contributed by atoms with Gasteiger partial charge in [0.1, 0.15) is 23.4 Å². The topological polar surface area (TPSA) is 83.4 Å². The molecule has 0 unspecified atom stereocenters. The Labute approximate surface area is 218 Å². The number of nitrogens with zero attached hydrogens (tertiary/aromatic N) is 3. The molecule has 1 atom stereocenters. The van der Waals surface area contributed by atoms with E-state index in [0.29, 0.717) is 23.3 Å². The molecule has 2 aliphatic rings. The molecule has 7 nitrogen and oxygen atoms in total. The van der Waals surface area contributed by atoms with Crippen LogP contribution in [-0.2, 0) is 21.9 Å². The number of amides is 2. The van der Waals surface area contributed by atoms with Crippen LogP contribution in [-0.4, -0.2) is 40.9 Å². The molecule has 2 heterocycles. The summed E-state index contributed by atoms with van der Waals surface area (Å²) in [6.45, 7) is 0.392. The summed E-state index contributed by atoms with van der Waals surface area (Å²) >= 11 is 1.36. The Kier molecular flexibility index (Phi) is 7.32. The summed E-state index contributed by atoms with van der Waals surface area (Å²) in [5.74, 6) is 1.08. The SMILES string of the molecule is COc1ccc(CNC(=O)CC[C@H]2N=C3c4ccccc4N=C(SCc4cccc(F)c4)N3C2=O)cc1. The van der Waals surface area contributed by atoms with Crippen LogP contribution in [0.2, 0.25) is 0 Å². The van der Waals surface area contributed by atoms with Crippen LogP contribution >= 0.6 is 11.8 Å². The lowest BCUT2D eigenvalue weighted by atomic mass is 10.1. The molecular weight excluding hydrogens is 491 g/mol. The quantitative estimate of drug-likeness (QED) is 0.465. The first kappa shape index (κ1) is 24.7. The Bertz CT molecular complexity index is 1390. The molecule has 2 amide bonds. The highest BCUT2D eigenvalue weighted by Gasteiger charge is 2.41. The number of fused-ring (bicyclic) bond motifs is 3. The Morgan fingerprint density at radius 2 is 1.89 bits per heavy atom. The number of carbonyl (C=O) groups excluding carboxylic acids is 2. The van der Waals surface area contributed by atoms with Gasteiger partial charge in [0.15, 0.2) is 5.17 Å². The Balaban J connectivity index is 1.25. The van der Waals surface area contributed by atoms with Crippen molar-refractivity contribution in [2.75, 3.05) is 7.11 Å². The van der Waals surface area contributed by atoms with E-state index in [1.54, 1.807) is 13.2 Å². The molecule has 0 spiro atoms. The van der Waals surface area contributed by atoms with Gasteiger partial charge in [0.25, 0.3) is 5.91 Å². The van der Waals surface area contributed by atoms with Crippen molar-refractivity contribution in [1.82, 2.24) is 10.2 Å². The van der Waals surface area contributed by atoms with Crippen LogP contribution in [0.1, 0.15) is 29.5 Å². The summed E-state index contributed by atoms with van der Waals surface area (Å²) < 4.78 is 18.8. The molecule has 37 heavy (non-hydrogen) atoms. The fourth-order valence-corrected chi connectivity index (χ4v) is 5.11. The summed E-state index contributed by atoms with van der Waals surface area (Å²) in [4.78, 5) is 36.8. The zero-order chi connectivity index (χ0) is 25.8. The molecule has 3 aromatic carbocycles. The third-order valence-electron chi connectivity index (χ3n) is 6.10. The average molecular weight is 517 g/mol. The van der Waals surface area contributed by atoms with Gasteiger partial charge in [-0.1, -0.05) is 48.2 Å². The van der Waals surface area contributed by atoms with Crippen molar-refractivity contribution in [2.24, 2.45) is 9.98 Å². The third kappa shape index (κ3) is 5.56. The second-order valence-corrected chi connectivity index (χ2v) is 9.58. The van der Waals surface area contributed by atoms with Gasteiger partial charge >= 0.3 is 0 Å². The summed E-state index contributed by atoms with van der Waals surface area (Å²) in [7, 11) is 1.60. The first-order valence-electron chi connectivity index (χ1n) is 11.9. The molecule has 3 aromatic rings. The van der Waals surface area contributed by atoms with Crippen molar-refractivity contribution in [3.8, 4) is 5.75 Å². The maximum Gasteiger partial charge on any atom is 0.259 e. The molecule has 0 saturated heterocycles. The standard InChI is InChI=1S/C28H25FN4O3S/c1-36-21-11-9-18(10-12-21)16-30-25(34)14-13-24-27(35)33-26(31-24)22-7-2-3-8-23(22)32-28(33)37-17-19-5-4-6-20(29)15-19/h2-12,15,24H,13-14,16-17H2,1H3,(H,30,34)/t24-/m1/s1. The average Bonchev–Trinajstić information content (AvgIpc) is 3.26. The zero-order valence-electron chi connectivity index (χ0n) is 20.2. The van der Waals surface area contributed by atoms with E-state index in [1.165, 1.54) is 28.8 Å². The highest BCUT2D eigenvalue weighted by atomic mass is 32.2. The van der Waals surface area contributed by atoms with Crippen molar-refractivity contribution in [2.45, 2.75) is 31.2 Å². The summed E-state index contributed by atoms with van der Waals surface area (Å²) in [5.41, 5.74) is 3.25. The highest BCUT2D eigenvalue weighted by Crippen LogP contribution is 2.35. The number of carbonyl (C=O) groups is 2. The number of halogens is 1. The van der Waals surface area contributed by atoms with E-state index in [1.807, 2.05) is 54.6 Å².